The SMILES string of the molecule is O=C(Nc1ncc(Cc2ccc(F)cc2F)s1)c1nn(Cc2ccccc2)c(=O)c2ccccc12. The third-order valence-corrected chi connectivity index (χ3v) is 6.32. The Hall–Kier alpha value is -4.24. The van der Waals surface area contributed by atoms with Crippen molar-refractivity contribution in [1.29, 1.82) is 0 Å². The van der Waals surface area contributed by atoms with Crippen LogP contribution in [-0.2, 0) is 13.0 Å². The van der Waals surface area contributed by atoms with Gasteiger partial charge in [-0.2, -0.15) is 5.10 Å². The average Bonchev–Trinajstić information content (AvgIpc) is 3.30. The second-order valence-corrected chi connectivity index (χ2v) is 8.96. The van der Waals surface area contributed by atoms with Crippen LogP contribution in [0.2, 0.25) is 0 Å². The largest absolute Gasteiger partial charge is 0.296 e. The Morgan fingerprint density at radius 2 is 1.71 bits per heavy atom. The molecule has 9 heteroatoms. The number of carbonyl (C=O) groups is 1. The topological polar surface area (TPSA) is 76.9 Å². The number of carbonyl (C=O) groups excluding carboxylic acids is 1. The number of nitrogens with one attached hydrogen (secondary N) is 1. The van der Waals surface area contributed by atoms with Crippen molar-refractivity contribution in [3.8, 4) is 0 Å². The lowest BCUT2D eigenvalue weighted by Crippen LogP contribution is -2.28. The Kier molecular flexibility index (Phi) is 6.15. The molecule has 3 aromatic carbocycles. The molecule has 5 rings (SSSR count). The van der Waals surface area contributed by atoms with Gasteiger partial charge in [0.05, 0.1) is 11.9 Å². The maximum atomic E-state index is 14.0. The summed E-state index contributed by atoms with van der Waals surface area (Å²) in [6, 6.07) is 19.6. The minimum absolute atomic E-state index is 0.0949. The van der Waals surface area contributed by atoms with E-state index in [2.05, 4.69) is 15.4 Å². The number of aromatic nitrogens is 3. The maximum absolute atomic E-state index is 14.0. The number of nitrogens with zero attached hydrogens (tertiary/aromatic N) is 3. The fourth-order valence-electron chi connectivity index (χ4n) is 3.72. The normalized spacial score (nSPS) is 11.0. The van der Waals surface area contributed by atoms with E-state index in [1.807, 2.05) is 30.3 Å². The molecule has 0 atom stereocenters. The molecule has 1 amide bonds. The molecule has 0 spiro atoms. The zero-order valence-corrected chi connectivity index (χ0v) is 19.1. The van der Waals surface area contributed by atoms with E-state index in [0.717, 1.165) is 11.6 Å². The molecule has 0 radical (unpaired) electrons. The van der Waals surface area contributed by atoms with E-state index < -0.39 is 17.5 Å². The number of amides is 1. The molecular weight excluding hydrogens is 470 g/mol. The van der Waals surface area contributed by atoms with E-state index in [0.29, 0.717) is 26.3 Å². The minimum Gasteiger partial charge on any atom is -0.296 e. The predicted octanol–water partition coefficient (Wildman–Crippen LogP) is 5.02. The standard InChI is InChI=1S/C26H18F2N4O2S/c27-18-11-10-17(22(28)13-18)12-19-14-29-26(35-19)30-24(33)23-20-8-4-5-9-21(20)25(34)32(31-23)15-16-6-2-1-3-7-16/h1-11,13-14H,12,15H2,(H,29,30,33). The molecule has 0 unspecified atom stereocenters. The fraction of sp³-hybridized carbons (Fsp3) is 0.0769. The van der Waals surface area contributed by atoms with Gasteiger partial charge in [0, 0.05) is 28.9 Å². The number of hydrogen-bond donors (Lipinski definition) is 1. The first-order chi connectivity index (χ1) is 17.0. The van der Waals surface area contributed by atoms with Gasteiger partial charge in [-0.1, -0.05) is 54.6 Å². The lowest BCUT2D eigenvalue weighted by Gasteiger charge is -2.10. The quantitative estimate of drug-likeness (QED) is 0.364. The Bertz CT molecular complexity index is 1600. The number of thiazole rings is 1. The van der Waals surface area contributed by atoms with Crippen LogP contribution in [0.5, 0.6) is 0 Å². The highest BCUT2D eigenvalue weighted by atomic mass is 32.1. The molecule has 174 valence electrons. The molecule has 6 nitrogen and oxygen atoms in total. The van der Waals surface area contributed by atoms with Crippen molar-refractivity contribution in [3.05, 3.63) is 123 Å². The number of rotatable bonds is 6. The van der Waals surface area contributed by atoms with Crippen molar-refractivity contribution < 1.29 is 13.6 Å². The third kappa shape index (κ3) is 4.85. The summed E-state index contributed by atoms with van der Waals surface area (Å²) in [7, 11) is 0. The van der Waals surface area contributed by atoms with Crippen LogP contribution < -0.4 is 10.9 Å². The number of hydrogen-bond acceptors (Lipinski definition) is 5. The van der Waals surface area contributed by atoms with Crippen LogP contribution in [0.1, 0.15) is 26.5 Å². The molecule has 5 aromatic rings. The second-order valence-electron chi connectivity index (χ2n) is 7.84. The molecule has 2 aromatic heterocycles. The van der Waals surface area contributed by atoms with E-state index in [-0.39, 0.29) is 24.2 Å². The molecule has 2 heterocycles. The van der Waals surface area contributed by atoms with Crippen LogP contribution in [0.15, 0.2) is 83.8 Å². The van der Waals surface area contributed by atoms with E-state index in [1.54, 1.807) is 24.3 Å². The lowest BCUT2D eigenvalue weighted by atomic mass is 10.1. The highest BCUT2D eigenvalue weighted by molar-refractivity contribution is 7.15. The van der Waals surface area contributed by atoms with E-state index >= 15 is 0 Å². The molecule has 0 bridgehead atoms. The summed E-state index contributed by atoms with van der Waals surface area (Å²) in [6.07, 6.45) is 1.74. The monoisotopic (exact) mass is 488 g/mol. The van der Waals surface area contributed by atoms with Gasteiger partial charge in [0.25, 0.3) is 11.5 Å². The van der Waals surface area contributed by atoms with Crippen LogP contribution in [0.4, 0.5) is 13.9 Å². The molecule has 0 aliphatic heterocycles. The summed E-state index contributed by atoms with van der Waals surface area (Å²) in [5.74, 6) is -1.80. The van der Waals surface area contributed by atoms with Gasteiger partial charge in [0.2, 0.25) is 0 Å². The Labute approximate surface area is 202 Å². The van der Waals surface area contributed by atoms with Gasteiger partial charge < -0.3 is 0 Å². The zero-order chi connectivity index (χ0) is 24.4. The van der Waals surface area contributed by atoms with E-state index in [4.69, 9.17) is 0 Å². The van der Waals surface area contributed by atoms with Crippen molar-refractivity contribution in [1.82, 2.24) is 14.8 Å². The first-order valence-corrected chi connectivity index (χ1v) is 11.5. The van der Waals surface area contributed by atoms with Crippen LogP contribution in [-0.4, -0.2) is 20.7 Å². The summed E-state index contributed by atoms with van der Waals surface area (Å²) in [6.45, 7) is 0.218. The Morgan fingerprint density at radius 3 is 2.49 bits per heavy atom. The predicted molar refractivity (Wildman–Crippen MR) is 131 cm³/mol. The van der Waals surface area contributed by atoms with Crippen molar-refractivity contribution in [3.63, 3.8) is 0 Å². The third-order valence-electron chi connectivity index (χ3n) is 5.41. The van der Waals surface area contributed by atoms with Gasteiger partial charge in [-0.05, 0) is 23.3 Å². The van der Waals surface area contributed by atoms with E-state index in [9.17, 15) is 18.4 Å². The smallest absolute Gasteiger partial charge is 0.278 e. The maximum Gasteiger partial charge on any atom is 0.278 e. The highest BCUT2D eigenvalue weighted by Gasteiger charge is 2.18. The first-order valence-electron chi connectivity index (χ1n) is 10.7. The van der Waals surface area contributed by atoms with Crippen molar-refractivity contribution in [2.45, 2.75) is 13.0 Å². The minimum atomic E-state index is -0.642. The first kappa shape index (κ1) is 22.5. The number of benzene rings is 3. The molecule has 1 N–H and O–H groups in total. The summed E-state index contributed by atoms with van der Waals surface area (Å²) < 4.78 is 28.4. The molecule has 0 aliphatic carbocycles. The number of halogens is 2. The summed E-state index contributed by atoms with van der Waals surface area (Å²) >= 11 is 1.18. The second kappa shape index (κ2) is 9.55. The van der Waals surface area contributed by atoms with Gasteiger partial charge in [0.1, 0.15) is 11.6 Å². The number of anilines is 1. The van der Waals surface area contributed by atoms with Gasteiger partial charge in [-0.3, -0.25) is 14.9 Å². The van der Waals surface area contributed by atoms with Crippen molar-refractivity contribution >= 4 is 33.1 Å². The molecule has 0 aliphatic rings. The highest BCUT2D eigenvalue weighted by Crippen LogP contribution is 2.24. The van der Waals surface area contributed by atoms with Gasteiger partial charge in [0.15, 0.2) is 10.8 Å². The van der Waals surface area contributed by atoms with Crippen LogP contribution in [0, 0.1) is 11.6 Å². The molecule has 0 saturated heterocycles. The molecule has 0 saturated carbocycles. The Balaban J connectivity index is 1.43. The van der Waals surface area contributed by atoms with E-state index in [1.165, 1.54) is 34.3 Å². The zero-order valence-electron chi connectivity index (χ0n) is 18.2. The van der Waals surface area contributed by atoms with Gasteiger partial charge in [-0.25, -0.2) is 18.4 Å². The summed E-state index contributed by atoms with van der Waals surface area (Å²) in [4.78, 5) is 31.1. The van der Waals surface area contributed by atoms with Crippen LogP contribution in [0.25, 0.3) is 10.8 Å². The van der Waals surface area contributed by atoms with Gasteiger partial charge in [-0.15, -0.1) is 11.3 Å². The molecular formula is C26H18F2N4O2S. The van der Waals surface area contributed by atoms with Crippen molar-refractivity contribution in [2.75, 3.05) is 5.32 Å². The fourth-order valence-corrected chi connectivity index (χ4v) is 4.55. The Morgan fingerprint density at radius 1 is 0.971 bits per heavy atom. The van der Waals surface area contributed by atoms with Gasteiger partial charge >= 0.3 is 0 Å². The molecule has 35 heavy (non-hydrogen) atoms. The summed E-state index contributed by atoms with van der Waals surface area (Å²) in [5.41, 5.74) is 1.01. The molecule has 0 fully saturated rings. The number of fused-ring (bicyclic) bond motifs is 1. The van der Waals surface area contributed by atoms with Crippen LogP contribution >= 0.6 is 11.3 Å². The lowest BCUT2D eigenvalue weighted by molar-refractivity contribution is 0.102. The van der Waals surface area contributed by atoms with Crippen LogP contribution in [0.3, 0.4) is 0 Å². The van der Waals surface area contributed by atoms with Crippen molar-refractivity contribution in [2.24, 2.45) is 0 Å². The average molecular weight is 489 g/mol. The summed E-state index contributed by atoms with van der Waals surface area (Å²) in [5, 5.41) is 8.22.